The second-order valence-corrected chi connectivity index (χ2v) is 13.7. The van der Waals surface area contributed by atoms with Crippen LogP contribution in [0.2, 0.25) is 0 Å². The third kappa shape index (κ3) is 4.41. The molecule has 0 bridgehead atoms. The second kappa shape index (κ2) is 9.64. The number of hydrogen-bond acceptors (Lipinski definition) is 4. The van der Waals surface area contributed by atoms with Crippen LogP contribution in [-0.2, 0) is 0 Å². The molecule has 0 saturated heterocycles. The molecule has 0 aromatic heterocycles. The van der Waals surface area contributed by atoms with E-state index in [4.69, 9.17) is 0 Å². The average molecular weight is 477 g/mol. The predicted molar refractivity (Wildman–Crippen MR) is 139 cm³/mol. The smallest absolute Gasteiger partial charge is 0.0661 e. The molecule has 4 aliphatic carbocycles. The maximum atomic E-state index is 11.1. The van der Waals surface area contributed by atoms with E-state index < -0.39 is 17.8 Å². The second-order valence-electron chi connectivity index (χ2n) is 12.2. The van der Waals surface area contributed by atoms with Crippen LogP contribution in [0, 0.1) is 28.6 Å². The van der Waals surface area contributed by atoms with Gasteiger partial charge in [-0.3, -0.25) is 0 Å². The Morgan fingerprint density at radius 1 is 1.09 bits per heavy atom. The van der Waals surface area contributed by atoms with Crippen molar-refractivity contribution in [3.8, 4) is 0 Å². The van der Waals surface area contributed by atoms with Crippen LogP contribution in [0.25, 0.3) is 0 Å². The van der Waals surface area contributed by atoms with Crippen LogP contribution in [0.1, 0.15) is 98.8 Å². The van der Waals surface area contributed by atoms with Gasteiger partial charge in [-0.1, -0.05) is 57.9 Å². The molecule has 4 aliphatic rings. The Kier molecular flexibility index (Phi) is 7.53. The molecule has 0 aromatic rings. The Labute approximate surface area is 206 Å². The normalized spacial score (nSPS) is 41.5. The first-order valence-electron chi connectivity index (χ1n) is 13.7. The summed E-state index contributed by atoms with van der Waals surface area (Å²) in [5, 5.41) is 32.6. The van der Waals surface area contributed by atoms with E-state index in [9.17, 15) is 15.3 Å². The van der Waals surface area contributed by atoms with Crippen LogP contribution in [0.15, 0.2) is 23.3 Å². The number of thioether (sulfide) groups is 1. The molecule has 3 fully saturated rings. The van der Waals surface area contributed by atoms with Gasteiger partial charge in [0.15, 0.2) is 0 Å². The number of fused-ring (bicyclic) bond motifs is 5. The molecule has 0 aliphatic heterocycles. The average Bonchev–Trinajstić information content (AvgIpc) is 3.15. The van der Waals surface area contributed by atoms with E-state index in [1.165, 1.54) is 24.8 Å². The highest BCUT2D eigenvalue weighted by Crippen LogP contribution is 2.66. The molecule has 0 heterocycles. The van der Waals surface area contributed by atoms with E-state index in [-0.39, 0.29) is 5.41 Å². The van der Waals surface area contributed by atoms with Gasteiger partial charge in [-0.2, -0.15) is 11.8 Å². The molecular weight excluding hydrogens is 428 g/mol. The first kappa shape index (κ1) is 25.8. The molecule has 0 aromatic carbocycles. The van der Waals surface area contributed by atoms with Crippen LogP contribution in [0.3, 0.4) is 0 Å². The highest BCUT2D eigenvalue weighted by molar-refractivity contribution is 7.99. The van der Waals surface area contributed by atoms with Gasteiger partial charge in [0.25, 0.3) is 0 Å². The van der Waals surface area contributed by atoms with Crippen molar-refractivity contribution in [1.82, 2.24) is 0 Å². The minimum atomic E-state index is -0.470. The van der Waals surface area contributed by atoms with E-state index in [0.717, 1.165) is 50.2 Å². The summed E-state index contributed by atoms with van der Waals surface area (Å²) in [5.41, 5.74) is 2.55. The van der Waals surface area contributed by atoms with Gasteiger partial charge < -0.3 is 15.3 Å². The first-order valence-corrected chi connectivity index (χ1v) is 14.7. The molecule has 188 valence electrons. The van der Waals surface area contributed by atoms with Gasteiger partial charge in [0.1, 0.15) is 0 Å². The summed E-state index contributed by atoms with van der Waals surface area (Å²) in [5.74, 6) is 2.94. The van der Waals surface area contributed by atoms with E-state index >= 15 is 0 Å². The van der Waals surface area contributed by atoms with E-state index in [1.807, 2.05) is 0 Å². The molecule has 33 heavy (non-hydrogen) atoms. The van der Waals surface area contributed by atoms with Crippen molar-refractivity contribution >= 4 is 11.8 Å². The van der Waals surface area contributed by atoms with Gasteiger partial charge in [0.2, 0.25) is 0 Å². The zero-order chi connectivity index (χ0) is 24.0. The largest absolute Gasteiger partial charge is 0.393 e. The number of allylic oxidation sites excluding steroid dienone is 3. The molecule has 3 N–H and O–H groups in total. The molecular formula is C29H48O3S. The van der Waals surface area contributed by atoms with Crippen LogP contribution in [0.5, 0.6) is 0 Å². The first-order chi connectivity index (χ1) is 15.6. The number of rotatable bonds is 8. The van der Waals surface area contributed by atoms with Crippen LogP contribution in [0.4, 0.5) is 0 Å². The standard InChI is InChI=1S/C29H48O3S/c1-6-29(32,7-2)14-8-16-33-19(3)23-11-12-24-22-10-9-20-17-21(30)18-26(31)28(20,5)25(22)13-15-27(23,24)4/h9-10,19,21,23-26,30-32H,6-8,11-18H2,1-5H3/t19-,21+,23+,24-,25-,26-,27+,28-/m0/s1. The van der Waals surface area contributed by atoms with Gasteiger partial charge >= 0.3 is 0 Å². The zero-order valence-electron chi connectivity index (χ0n) is 21.6. The van der Waals surface area contributed by atoms with Gasteiger partial charge in [-0.25, -0.2) is 0 Å². The van der Waals surface area contributed by atoms with Gasteiger partial charge in [-0.15, -0.1) is 0 Å². The Morgan fingerprint density at radius 2 is 1.82 bits per heavy atom. The summed E-state index contributed by atoms with van der Waals surface area (Å²) < 4.78 is 0. The third-order valence-corrected chi connectivity index (χ3v) is 12.2. The molecule has 0 unspecified atom stereocenters. The summed E-state index contributed by atoms with van der Waals surface area (Å²) in [7, 11) is 0. The van der Waals surface area contributed by atoms with Crippen LogP contribution < -0.4 is 0 Å². The lowest BCUT2D eigenvalue weighted by Crippen LogP contribution is -2.52. The van der Waals surface area contributed by atoms with Crippen molar-refractivity contribution in [3.63, 3.8) is 0 Å². The van der Waals surface area contributed by atoms with Crippen molar-refractivity contribution in [3.05, 3.63) is 23.3 Å². The molecule has 4 rings (SSSR count). The van der Waals surface area contributed by atoms with E-state index in [1.54, 1.807) is 5.57 Å². The lowest BCUT2D eigenvalue weighted by molar-refractivity contribution is -0.0526. The fraction of sp³-hybridized carbons (Fsp3) is 0.862. The summed E-state index contributed by atoms with van der Waals surface area (Å²) >= 11 is 2.13. The topological polar surface area (TPSA) is 60.7 Å². The fourth-order valence-corrected chi connectivity index (χ4v) is 9.61. The lowest BCUT2D eigenvalue weighted by atomic mass is 9.49. The molecule has 8 atom stereocenters. The Balaban J connectivity index is 1.44. The van der Waals surface area contributed by atoms with Gasteiger partial charge in [0.05, 0.1) is 17.8 Å². The molecule has 3 nitrogen and oxygen atoms in total. The number of aliphatic hydroxyl groups excluding tert-OH is 2. The Morgan fingerprint density at radius 3 is 2.52 bits per heavy atom. The van der Waals surface area contributed by atoms with E-state index in [0.29, 0.717) is 28.9 Å². The van der Waals surface area contributed by atoms with Crippen molar-refractivity contribution in [2.45, 2.75) is 122 Å². The maximum absolute atomic E-state index is 11.1. The molecule has 0 radical (unpaired) electrons. The third-order valence-electron chi connectivity index (χ3n) is 10.8. The summed E-state index contributed by atoms with van der Waals surface area (Å²) in [6.07, 6.45) is 13.8. The van der Waals surface area contributed by atoms with Gasteiger partial charge in [-0.05, 0) is 86.7 Å². The van der Waals surface area contributed by atoms with Crippen molar-refractivity contribution in [2.24, 2.45) is 28.6 Å². The van der Waals surface area contributed by atoms with Gasteiger partial charge in [0, 0.05) is 17.1 Å². The molecule has 0 amide bonds. The van der Waals surface area contributed by atoms with Crippen LogP contribution >= 0.6 is 11.8 Å². The molecule has 0 spiro atoms. The fourth-order valence-electron chi connectivity index (χ4n) is 8.25. The minimum Gasteiger partial charge on any atom is -0.393 e. The van der Waals surface area contributed by atoms with Crippen LogP contribution in [-0.4, -0.2) is 44.1 Å². The van der Waals surface area contributed by atoms with E-state index in [2.05, 4.69) is 58.5 Å². The SMILES string of the molecule is CCC(O)(CC)CCCS[C@@H](C)[C@H]1CC[C@H]2C3=CC=C4C[C@@H](O)C[C@H](O)[C@]4(C)[C@H]3CC[C@]12C. The Bertz CT molecular complexity index is 771. The summed E-state index contributed by atoms with van der Waals surface area (Å²) in [6, 6.07) is 0. The lowest BCUT2D eigenvalue weighted by Gasteiger charge is -2.56. The van der Waals surface area contributed by atoms with Crippen molar-refractivity contribution < 1.29 is 15.3 Å². The molecule has 4 heteroatoms. The van der Waals surface area contributed by atoms with Crippen molar-refractivity contribution in [1.29, 1.82) is 0 Å². The number of hydrogen-bond donors (Lipinski definition) is 3. The zero-order valence-corrected chi connectivity index (χ0v) is 22.5. The van der Waals surface area contributed by atoms with Crippen molar-refractivity contribution in [2.75, 3.05) is 5.75 Å². The minimum absolute atomic E-state index is 0.196. The quantitative estimate of drug-likeness (QED) is 0.361. The maximum Gasteiger partial charge on any atom is 0.0661 e. The summed E-state index contributed by atoms with van der Waals surface area (Å²) in [4.78, 5) is 0. The summed E-state index contributed by atoms with van der Waals surface area (Å²) in [6.45, 7) is 11.5. The highest BCUT2D eigenvalue weighted by atomic mass is 32.2. The highest BCUT2D eigenvalue weighted by Gasteiger charge is 2.58. The predicted octanol–water partition coefficient (Wildman–Crippen LogP) is 6.27. The Hall–Kier alpha value is -0.290. The molecule has 3 saturated carbocycles. The number of aliphatic hydroxyl groups is 3. The monoisotopic (exact) mass is 476 g/mol.